The first-order chi connectivity index (χ1) is 17.4. The predicted molar refractivity (Wildman–Crippen MR) is 131 cm³/mol. The van der Waals surface area contributed by atoms with Crippen molar-refractivity contribution in [2.45, 2.75) is 32.9 Å². The Morgan fingerprint density at radius 2 is 1.53 bits per heavy atom. The largest absolute Gasteiger partial charge is 0.334 e. The number of hydrogen-bond acceptors (Lipinski definition) is 4. The van der Waals surface area contributed by atoms with E-state index in [0.717, 1.165) is 12.0 Å². The van der Waals surface area contributed by atoms with Crippen molar-refractivity contribution in [3.8, 4) is 11.4 Å². The van der Waals surface area contributed by atoms with Gasteiger partial charge in [0.25, 0.3) is 5.89 Å². The monoisotopic (exact) mass is 486 g/mol. The van der Waals surface area contributed by atoms with Crippen LogP contribution in [0.5, 0.6) is 0 Å². The number of aryl methyl sites for hydroxylation is 1. The van der Waals surface area contributed by atoms with Crippen LogP contribution in [-0.4, -0.2) is 21.1 Å². The number of carbonyl (C=O) groups excluding carboxylic acids is 1. The summed E-state index contributed by atoms with van der Waals surface area (Å²) in [7, 11) is 0. The van der Waals surface area contributed by atoms with Crippen LogP contribution in [0.3, 0.4) is 0 Å². The number of amides is 2. The average molecular weight is 487 g/mol. The van der Waals surface area contributed by atoms with Gasteiger partial charge in [0.1, 0.15) is 11.6 Å². The number of urea groups is 1. The lowest BCUT2D eigenvalue weighted by molar-refractivity contribution is 0.203. The van der Waals surface area contributed by atoms with E-state index in [4.69, 9.17) is 4.52 Å². The molecule has 0 aliphatic carbocycles. The van der Waals surface area contributed by atoms with E-state index in [1.54, 1.807) is 29.2 Å². The van der Waals surface area contributed by atoms with Gasteiger partial charge in [0, 0.05) is 11.3 Å². The van der Waals surface area contributed by atoms with E-state index in [1.807, 2.05) is 31.2 Å². The van der Waals surface area contributed by atoms with Crippen molar-refractivity contribution < 1.29 is 18.1 Å². The molecule has 4 aromatic rings. The molecular weight excluding hydrogens is 462 g/mol. The van der Waals surface area contributed by atoms with Crippen LogP contribution in [0, 0.1) is 11.6 Å². The van der Waals surface area contributed by atoms with Gasteiger partial charge in [-0.2, -0.15) is 4.98 Å². The van der Waals surface area contributed by atoms with Crippen molar-refractivity contribution in [1.82, 2.24) is 20.4 Å². The molecule has 5 rings (SSSR count). The van der Waals surface area contributed by atoms with Crippen molar-refractivity contribution in [2.24, 2.45) is 0 Å². The van der Waals surface area contributed by atoms with Crippen LogP contribution in [-0.2, 0) is 13.0 Å². The molecule has 0 saturated heterocycles. The molecule has 1 aliphatic heterocycles. The summed E-state index contributed by atoms with van der Waals surface area (Å²) in [5, 5.41) is 7.09. The second kappa shape index (κ2) is 9.73. The zero-order chi connectivity index (χ0) is 25.2. The fourth-order valence-electron chi connectivity index (χ4n) is 4.27. The zero-order valence-electron chi connectivity index (χ0n) is 19.8. The summed E-state index contributed by atoms with van der Waals surface area (Å²) in [6, 6.07) is 18.9. The molecule has 6 nitrogen and oxygen atoms in total. The van der Waals surface area contributed by atoms with Gasteiger partial charge in [-0.15, -0.1) is 0 Å². The standard InChI is InChI=1S/C28H24F2N4O2/c1-3-18-4-6-19(7-5-18)16-34-17(2)24(25(31-28(34)35)20-8-12-22(29)13-9-20)27-32-26(33-36-27)21-10-14-23(30)15-11-21/h4-15,25H,3,16H2,1-2H3,(H,31,35). The maximum absolute atomic E-state index is 13.6. The summed E-state index contributed by atoms with van der Waals surface area (Å²) >= 11 is 0. The number of aromatic nitrogens is 2. The number of carbonyl (C=O) groups is 1. The predicted octanol–water partition coefficient (Wildman–Crippen LogP) is 6.27. The van der Waals surface area contributed by atoms with Crippen molar-refractivity contribution in [3.63, 3.8) is 0 Å². The number of rotatable bonds is 6. The SMILES string of the molecule is CCc1ccc(CN2C(=O)NC(c3ccc(F)cc3)C(c3nc(-c4ccc(F)cc4)no3)=C2C)cc1. The van der Waals surface area contributed by atoms with Crippen LogP contribution in [0.25, 0.3) is 17.0 Å². The van der Waals surface area contributed by atoms with Crippen LogP contribution in [0.15, 0.2) is 83.0 Å². The highest BCUT2D eigenvalue weighted by molar-refractivity contribution is 5.86. The minimum atomic E-state index is -0.627. The lowest BCUT2D eigenvalue weighted by Crippen LogP contribution is -2.45. The van der Waals surface area contributed by atoms with Crippen LogP contribution in [0.2, 0.25) is 0 Å². The molecule has 1 atom stereocenters. The van der Waals surface area contributed by atoms with Gasteiger partial charge in [-0.05, 0) is 66.4 Å². The first kappa shape index (κ1) is 23.4. The molecule has 0 radical (unpaired) electrons. The van der Waals surface area contributed by atoms with Gasteiger partial charge in [-0.3, -0.25) is 4.90 Å². The lowest BCUT2D eigenvalue weighted by atomic mass is 9.94. The molecule has 1 aromatic heterocycles. The summed E-state index contributed by atoms with van der Waals surface area (Å²) < 4.78 is 32.6. The Labute approximate surface area is 207 Å². The molecule has 8 heteroatoms. The Morgan fingerprint density at radius 3 is 2.17 bits per heavy atom. The summed E-state index contributed by atoms with van der Waals surface area (Å²) in [6.45, 7) is 4.26. The summed E-state index contributed by atoms with van der Waals surface area (Å²) in [5.74, 6) is -0.235. The molecule has 0 spiro atoms. The average Bonchev–Trinajstić information content (AvgIpc) is 3.37. The Balaban J connectivity index is 1.57. The first-order valence-corrected chi connectivity index (χ1v) is 11.6. The molecule has 1 aliphatic rings. The third-order valence-corrected chi connectivity index (χ3v) is 6.33. The molecule has 1 unspecified atom stereocenters. The van der Waals surface area contributed by atoms with Crippen LogP contribution < -0.4 is 5.32 Å². The van der Waals surface area contributed by atoms with Crippen molar-refractivity contribution >= 4 is 11.6 Å². The van der Waals surface area contributed by atoms with Crippen molar-refractivity contribution in [3.05, 3.63) is 113 Å². The summed E-state index contributed by atoms with van der Waals surface area (Å²) in [4.78, 5) is 19.4. The molecule has 2 heterocycles. The highest BCUT2D eigenvalue weighted by atomic mass is 19.1. The minimum absolute atomic E-state index is 0.215. The molecule has 1 N–H and O–H groups in total. The van der Waals surface area contributed by atoms with Gasteiger partial charge in [-0.25, -0.2) is 13.6 Å². The van der Waals surface area contributed by atoms with E-state index >= 15 is 0 Å². The highest BCUT2D eigenvalue weighted by Gasteiger charge is 2.35. The third kappa shape index (κ3) is 4.62. The Bertz CT molecular complexity index is 1410. The number of hydrogen-bond donors (Lipinski definition) is 1. The minimum Gasteiger partial charge on any atom is -0.334 e. The van der Waals surface area contributed by atoms with Crippen LogP contribution >= 0.6 is 0 Å². The lowest BCUT2D eigenvalue weighted by Gasteiger charge is -2.35. The number of nitrogens with zero attached hydrogens (tertiary/aromatic N) is 3. The Kier molecular flexibility index (Phi) is 6.33. The van der Waals surface area contributed by atoms with Gasteiger partial charge in [0.15, 0.2) is 0 Å². The number of benzene rings is 3. The van der Waals surface area contributed by atoms with Gasteiger partial charge in [0.2, 0.25) is 5.82 Å². The summed E-state index contributed by atoms with van der Waals surface area (Å²) in [5.41, 5.74) is 4.70. The van der Waals surface area contributed by atoms with Gasteiger partial charge < -0.3 is 9.84 Å². The van der Waals surface area contributed by atoms with E-state index in [9.17, 15) is 13.6 Å². The zero-order valence-corrected chi connectivity index (χ0v) is 19.8. The number of nitrogens with one attached hydrogen (secondary N) is 1. The maximum atomic E-state index is 13.6. The van der Waals surface area contributed by atoms with Crippen molar-refractivity contribution in [1.29, 1.82) is 0 Å². The number of allylic oxidation sites excluding steroid dienone is 1. The fraction of sp³-hybridized carbons (Fsp3) is 0.179. The number of halogens is 2. The molecular formula is C28H24F2N4O2. The fourth-order valence-corrected chi connectivity index (χ4v) is 4.27. The van der Waals surface area contributed by atoms with E-state index in [1.165, 1.54) is 29.8 Å². The Hall–Kier alpha value is -4.33. The second-order valence-corrected chi connectivity index (χ2v) is 8.62. The highest BCUT2D eigenvalue weighted by Crippen LogP contribution is 2.38. The van der Waals surface area contributed by atoms with Gasteiger partial charge in [-0.1, -0.05) is 48.5 Å². The van der Waals surface area contributed by atoms with Crippen LogP contribution in [0.1, 0.15) is 42.5 Å². The van der Waals surface area contributed by atoms with E-state index in [-0.39, 0.29) is 23.6 Å². The first-order valence-electron chi connectivity index (χ1n) is 11.6. The molecule has 0 fully saturated rings. The van der Waals surface area contributed by atoms with Gasteiger partial charge in [0.05, 0.1) is 18.2 Å². The van der Waals surface area contributed by atoms with E-state index in [2.05, 4.69) is 22.4 Å². The molecule has 2 amide bonds. The quantitative estimate of drug-likeness (QED) is 0.348. The van der Waals surface area contributed by atoms with Gasteiger partial charge >= 0.3 is 6.03 Å². The molecule has 182 valence electrons. The van der Waals surface area contributed by atoms with Crippen molar-refractivity contribution in [2.75, 3.05) is 0 Å². The molecule has 3 aromatic carbocycles. The second-order valence-electron chi connectivity index (χ2n) is 8.62. The van der Waals surface area contributed by atoms with E-state index in [0.29, 0.717) is 34.8 Å². The summed E-state index contributed by atoms with van der Waals surface area (Å²) in [6.07, 6.45) is 0.931. The topological polar surface area (TPSA) is 71.3 Å². The van der Waals surface area contributed by atoms with E-state index < -0.39 is 6.04 Å². The smallest absolute Gasteiger partial charge is 0.322 e. The van der Waals surface area contributed by atoms with Crippen LogP contribution in [0.4, 0.5) is 13.6 Å². The molecule has 36 heavy (non-hydrogen) atoms. The molecule has 0 bridgehead atoms. The Morgan fingerprint density at radius 1 is 0.917 bits per heavy atom. The molecule has 0 saturated carbocycles. The maximum Gasteiger partial charge on any atom is 0.322 e. The third-order valence-electron chi connectivity index (χ3n) is 6.33. The normalized spacial score (nSPS) is 15.8.